The van der Waals surface area contributed by atoms with Crippen molar-refractivity contribution in [3.05, 3.63) is 45.0 Å². The summed E-state index contributed by atoms with van der Waals surface area (Å²) in [7, 11) is 1.69. The lowest BCUT2D eigenvalue weighted by Crippen LogP contribution is -2.18. The molecule has 0 aliphatic rings. The fourth-order valence-electron chi connectivity index (χ4n) is 1.63. The van der Waals surface area contributed by atoms with Crippen molar-refractivity contribution in [1.82, 2.24) is 9.78 Å². The van der Waals surface area contributed by atoms with Crippen LogP contribution in [0.2, 0.25) is 5.02 Å². The van der Waals surface area contributed by atoms with E-state index in [-0.39, 0.29) is 10.9 Å². The van der Waals surface area contributed by atoms with Crippen LogP contribution in [0.4, 0.5) is 5.82 Å². The molecule has 1 heterocycles. The minimum atomic E-state index is -0.325. The third-order valence-corrected chi connectivity index (χ3v) is 3.46. The monoisotopic (exact) mass is 372 g/mol. The number of nitrogens with one attached hydrogen (secondary N) is 1. The molecule has 8 heteroatoms. The van der Waals surface area contributed by atoms with Crippen LogP contribution in [0.5, 0.6) is 0 Å². The van der Waals surface area contributed by atoms with Gasteiger partial charge >= 0.3 is 0 Å². The van der Waals surface area contributed by atoms with Crippen molar-refractivity contribution in [3.63, 3.8) is 0 Å². The zero-order valence-corrected chi connectivity index (χ0v) is 13.5. The largest absolute Gasteiger partial charge is 0.389 e. The number of nitrogens with two attached hydrogens (primary N) is 1. The van der Waals surface area contributed by atoms with Crippen molar-refractivity contribution in [1.29, 1.82) is 0 Å². The van der Waals surface area contributed by atoms with Crippen molar-refractivity contribution in [2.24, 2.45) is 12.8 Å². The van der Waals surface area contributed by atoms with Gasteiger partial charge < -0.3 is 11.1 Å². The molecule has 0 atom stereocenters. The summed E-state index contributed by atoms with van der Waals surface area (Å²) in [5.74, 6) is 0.118. The van der Waals surface area contributed by atoms with Gasteiger partial charge in [0.25, 0.3) is 5.91 Å². The molecule has 0 aliphatic heterocycles. The first-order valence-electron chi connectivity index (χ1n) is 5.47. The Balaban J connectivity index is 2.32. The summed E-state index contributed by atoms with van der Waals surface area (Å²) in [5, 5.41) is 7.21. The maximum Gasteiger partial charge on any atom is 0.256 e. The molecule has 0 radical (unpaired) electrons. The van der Waals surface area contributed by atoms with Crippen LogP contribution >= 0.6 is 39.7 Å². The van der Waals surface area contributed by atoms with Crippen molar-refractivity contribution < 1.29 is 4.79 Å². The van der Waals surface area contributed by atoms with E-state index < -0.39 is 0 Å². The molecular formula is C12H10BrClN4OS. The minimum absolute atomic E-state index is 0.167. The van der Waals surface area contributed by atoms with Gasteiger partial charge in [-0.2, -0.15) is 5.10 Å². The van der Waals surface area contributed by atoms with E-state index in [2.05, 4.69) is 26.3 Å². The lowest BCUT2D eigenvalue weighted by Gasteiger charge is -2.08. The van der Waals surface area contributed by atoms with Crippen molar-refractivity contribution in [2.45, 2.75) is 0 Å². The lowest BCUT2D eigenvalue weighted by atomic mass is 10.2. The Bertz CT molecular complexity index is 681. The van der Waals surface area contributed by atoms with Gasteiger partial charge in [0.15, 0.2) is 0 Å². The number of aryl methyl sites for hydroxylation is 1. The van der Waals surface area contributed by atoms with E-state index in [0.29, 0.717) is 22.0 Å². The third-order valence-electron chi connectivity index (χ3n) is 2.56. The van der Waals surface area contributed by atoms with Gasteiger partial charge in [-0.3, -0.25) is 9.48 Å². The van der Waals surface area contributed by atoms with Gasteiger partial charge in [0.2, 0.25) is 0 Å². The molecule has 1 amide bonds. The molecule has 5 nitrogen and oxygen atoms in total. The number of rotatable bonds is 3. The first-order chi connectivity index (χ1) is 9.38. The maximum atomic E-state index is 12.2. The normalized spacial score (nSPS) is 10.3. The molecular weight excluding hydrogens is 364 g/mol. The third kappa shape index (κ3) is 3.17. The first kappa shape index (κ1) is 15.0. The van der Waals surface area contributed by atoms with Crippen LogP contribution < -0.4 is 11.1 Å². The molecule has 0 aliphatic carbocycles. The van der Waals surface area contributed by atoms with Gasteiger partial charge in [0, 0.05) is 22.1 Å². The number of nitrogens with zero attached hydrogens (tertiary/aromatic N) is 2. The molecule has 20 heavy (non-hydrogen) atoms. The van der Waals surface area contributed by atoms with E-state index in [4.69, 9.17) is 29.6 Å². The molecule has 2 aromatic rings. The van der Waals surface area contributed by atoms with Crippen molar-refractivity contribution in [2.75, 3.05) is 5.32 Å². The molecule has 0 bridgehead atoms. The molecule has 0 unspecified atom stereocenters. The quantitative estimate of drug-likeness (QED) is 0.811. The van der Waals surface area contributed by atoms with Gasteiger partial charge in [-0.05, 0) is 18.2 Å². The fraction of sp³-hybridized carbons (Fsp3) is 0.0833. The van der Waals surface area contributed by atoms with E-state index >= 15 is 0 Å². The number of thiocarbonyl (C=S) groups is 1. The number of aromatic nitrogens is 2. The zero-order chi connectivity index (χ0) is 14.9. The Labute approximate surface area is 134 Å². The molecule has 0 spiro atoms. The second kappa shape index (κ2) is 5.90. The molecule has 3 N–H and O–H groups in total. The molecule has 2 rings (SSSR count). The number of anilines is 1. The number of halogens is 2. The van der Waals surface area contributed by atoms with Gasteiger partial charge in [0.1, 0.15) is 10.8 Å². The maximum absolute atomic E-state index is 12.2. The van der Waals surface area contributed by atoms with Crippen LogP contribution in [0.1, 0.15) is 15.9 Å². The minimum Gasteiger partial charge on any atom is -0.389 e. The van der Waals surface area contributed by atoms with Gasteiger partial charge in [-0.1, -0.05) is 39.7 Å². The van der Waals surface area contributed by atoms with Crippen LogP contribution in [-0.2, 0) is 7.05 Å². The van der Waals surface area contributed by atoms with Gasteiger partial charge in [0.05, 0.1) is 11.8 Å². The summed E-state index contributed by atoms with van der Waals surface area (Å²) < 4.78 is 2.21. The molecule has 0 saturated carbocycles. The summed E-state index contributed by atoms with van der Waals surface area (Å²) in [6, 6.07) is 4.93. The smallest absolute Gasteiger partial charge is 0.256 e. The zero-order valence-electron chi connectivity index (χ0n) is 10.4. The number of benzene rings is 1. The number of hydrogen-bond donors (Lipinski definition) is 2. The van der Waals surface area contributed by atoms with E-state index in [1.807, 2.05) is 0 Å². The topological polar surface area (TPSA) is 72.9 Å². The van der Waals surface area contributed by atoms with Gasteiger partial charge in [-0.15, -0.1) is 0 Å². The van der Waals surface area contributed by atoms with Crippen LogP contribution in [0.25, 0.3) is 0 Å². The summed E-state index contributed by atoms with van der Waals surface area (Å²) >= 11 is 14.1. The van der Waals surface area contributed by atoms with Crippen LogP contribution in [0.15, 0.2) is 28.9 Å². The second-order valence-electron chi connectivity index (χ2n) is 4.01. The molecule has 104 valence electrons. The van der Waals surface area contributed by atoms with Gasteiger partial charge in [-0.25, -0.2) is 0 Å². The average molecular weight is 374 g/mol. The highest BCUT2D eigenvalue weighted by molar-refractivity contribution is 9.10. The predicted molar refractivity (Wildman–Crippen MR) is 86.2 cm³/mol. The number of hydrogen-bond acceptors (Lipinski definition) is 3. The van der Waals surface area contributed by atoms with E-state index in [1.165, 1.54) is 10.9 Å². The Morgan fingerprint density at radius 1 is 1.50 bits per heavy atom. The second-order valence-corrected chi connectivity index (χ2v) is 5.80. The number of carbonyl (C=O) groups excluding carboxylic acids is 1. The average Bonchev–Trinajstić information content (AvgIpc) is 2.70. The number of carbonyl (C=O) groups is 1. The van der Waals surface area contributed by atoms with Crippen molar-refractivity contribution in [3.8, 4) is 0 Å². The molecule has 1 aromatic carbocycles. The SMILES string of the molecule is Cn1ncc(C(N)=S)c1NC(=O)c1cc(Cl)cc(Br)c1. The summed E-state index contributed by atoms with van der Waals surface area (Å²) in [6.07, 6.45) is 1.51. The summed E-state index contributed by atoms with van der Waals surface area (Å²) in [6.45, 7) is 0. The van der Waals surface area contributed by atoms with E-state index in [0.717, 1.165) is 4.47 Å². The standard InChI is InChI=1S/C12H10BrClN4OS/c1-18-11(9(5-16-18)10(15)20)17-12(19)6-2-7(13)4-8(14)3-6/h2-5H,1H3,(H2,15,20)(H,17,19). The van der Waals surface area contributed by atoms with E-state index in [1.54, 1.807) is 25.2 Å². The molecule has 0 fully saturated rings. The Morgan fingerprint density at radius 3 is 2.80 bits per heavy atom. The Kier molecular flexibility index (Phi) is 4.42. The highest BCUT2D eigenvalue weighted by atomic mass is 79.9. The Hall–Kier alpha value is -1.44. The van der Waals surface area contributed by atoms with E-state index in [9.17, 15) is 4.79 Å². The van der Waals surface area contributed by atoms with Crippen LogP contribution in [-0.4, -0.2) is 20.7 Å². The summed E-state index contributed by atoms with van der Waals surface area (Å²) in [5.41, 5.74) is 6.52. The van der Waals surface area contributed by atoms with Crippen LogP contribution in [0, 0.1) is 0 Å². The predicted octanol–water partition coefficient (Wildman–Crippen LogP) is 2.72. The molecule has 1 aromatic heterocycles. The number of amides is 1. The first-order valence-corrected chi connectivity index (χ1v) is 7.05. The lowest BCUT2D eigenvalue weighted by molar-refractivity contribution is 0.102. The van der Waals surface area contributed by atoms with Crippen LogP contribution in [0.3, 0.4) is 0 Å². The fourth-order valence-corrected chi connectivity index (χ4v) is 2.64. The summed E-state index contributed by atoms with van der Waals surface area (Å²) in [4.78, 5) is 12.4. The highest BCUT2D eigenvalue weighted by Gasteiger charge is 2.15. The molecule has 0 saturated heterocycles. The Morgan fingerprint density at radius 2 is 2.20 bits per heavy atom. The highest BCUT2D eigenvalue weighted by Crippen LogP contribution is 2.21. The van der Waals surface area contributed by atoms with Crippen molar-refractivity contribution >= 4 is 56.5 Å².